The highest BCUT2D eigenvalue weighted by molar-refractivity contribution is 6.72. The molecule has 10 nitrogen and oxygen atoms in total. The van der Waals surface area contributed by atoms with Gasteiger partial charge in [0.1, 0.15) is 5.75 Å². The molecule has 5 atom stereocenters. The van der Waals surface area contributed by atoms with Gasteiger partial charge >= 0.3 is 0 Å². The van der Waals surface area contributed by atoms with E-state index in [-0.39, 0.29) is 30.9 Å². The van der Waals surface area contributed by atoms with E-state index in [1.807, 2.05) is 116 Å². The number of hydrogen-bond acceptors (Lipinski definition) is 7. The van der Waals surface area contributed by atoms with Gasteiger partial charge in [0.2, 0.25) is 8.41 Å². The van der Waals surface area contributed by atoms with Gasteiger partial charge in [0.05, 0.1) is 42.2 Å². The Morgan fingerprint density at radius 3 is 2.42 bits per heavy atom. The molecule has 5 aromatic rings. The highest BCUT2D eigenvalue weighted by Crippen LogP contribution is 2.61. The number of carbonyl (C=O) groups is 2. The van der Waals surface area contributed by atoms with Crippen LogP contribution in [0.5, 0.6) is 5.75 Å². The number of anilines is 3. The first kappa shape index (κ1) is 34.9. The van der Waals surface area contributed by atoms with Gasteiger partial charge in [-0.2, -0.15) is 0 Å². The number of ether oxygens (including phenoxy) is 2. The van der Waals surface area contributed by atoms with Crippen molar-refractivity contribution in [3.63, 3.8) is 0 Å². The average molecular weight is 732 g/mol. The van der Waals surface area contributed by atoms with Gasteiger partial charge in [0, 0.05) is 35.5 Å². The van der Waals surface area contributed by atoms with Crippen LogP contribution < -0.4 is 14.5 Å². The van der Waals surface area contributed by atoms with E-state index in [1.165, 1.54) is 0 Å². The van der Waals surface area contributed by atoms with Crippen molar-refractivity contribution in [1.29, 1.82) is 0 Å². The van der Waals surface area contributed by atoms with Gasteiger partial charge < -0.3 is 23.6 Å². The number of carbonyl (C=O) groups excluding carboxylic acids is 2. The Hall–Kier alpha value is -5.17. The fraction of sp³-hybridized carbons (Fsp3) is 0.317. The minimum Gasteiger partial charge on any atom is -0.482 e. The predicted octanol–water partition coefficient (Wildman–Crippen LogP) is 6.87. The Bertz CT molecular complexity index is 2140. The van der Waals surface area contributed by atoms with Crippen LogP contribution in [0, 0.1) is 5.92 Å². The van der Waals surface area contributed by atoms with E-state index < -0.39 is 31.6 Å². The summed E-state index contributed by atoms with van der Waals surface area (Å²) in [6, 6.07) is 32.4. The minimum absolute atomic E-state index is 0.120. The molecule has 0 aliphatic carbocycles. The third-order valence-electron chi connectivity index (χ3n) is 11.0. The van der Waals surface area contributed by atoms with Crippen molar-refractivity contribution < 1.29 is 28.3 Å². The van der Waals surface area contributed by atoms with E-state index in [0.717, 1.165) is 11.1 Å². The average Bonchev–Trinajstić information content (AvgIpc) is 3.82. The fourth-order valence-corrected chi connectivity index (χ4v) is 11.2. The SMILES string of the molecule is C[C@H]1[C@H]([Si](C)(C)F)[C@@H](CCn2cc(C(CO)c3ccccc3)nn2)O[C@]12C(=O)N(Cc1ccccc1)c1ccc(N3C(=O)COc4ccccc43)cc12. The largest absolute Gasteiger partial charge is 0.482 e. The molecule has 4 aromatic carbocycles. The van der Waals surface area contributed by atoms with Crippen molar-refractivity contribution in [2.75, 3.05) is 23.0 Å². The maximum atomic E-state index is 16.6. The van der Waals surface area contributed by atoms with Crippen molar-refractivity contribution in [2.24, 2.45) is 5.92 Å². The van der Waals surface area contributed by atoms with Crippen molar-refractivity contribution in [2.45, 2.75) is 62.7 Å². The second kappa shape index (κ2) is 13.7. The molecule has 8 rings (SSSR count). The lowest BCUT2D eigenvalue weighted by molar-refractivity contribution is -0.146. The summed E-state index contributed by atoms with van der Waals surface area (Å²) in [5.74, 6) is -0.734. The molecule has 12 heteroatoms. The quantitative estimate of drug-likeness (QED) is 0.123. The highest BCUT2D eigenvalue weighted by Gasteiger charge is 2.66. The number of nitrogens with zero attached hydrogens (tertiary/aromatic N) is 5. The lowest BCUT2D eigenvalue weighted by Gasteiger charge is -2.32. The molecule has 0 bridgehead atoms. The first-order valence-electron chi connectivity index (χ1n) is 18.1. The number of rotatable bonds is 10. The molecule has 4 heterocycles. The van der Waals surface area contributed by atoms with Gasteiger partial charge in [0.15, 0.2) is 12.2 Å². The van der Waals surface area contributed by atoms with Crippen LogP contribution in [0.2, 0.25) is 18.6 Å². The molecule has 1 N–H and O–H groups in total. The summed E-state index contributed by atoms with van der Waals surface area (Å²) >= 11 is 0. The molecule has 2 amide bonds. The van der Waals surface area contributed by atoms with E-state index in [1.54, 1.807) is 27.6 Å². The van der Waals surface area contributed by atoms with E-state index in [4.69, 9.17) is 9.47 Å². The van der Waals surface area contributed by atoms with E-state index in [2.05, 4.69) is 10.3 Å². The normalized spacial score (nSPS) is 22.9. The number of benzene rings is 4. The number of aryl methyl sites for hydroxylation is 1. The number of halogens is 1. The first-order chi connectivity index (χ1) is 25.6. The van der Waals surface area contributed by atoms with Gasteiger partial charge in [-0.15, -0.1) is 5.10 Å². The summed E-state index contributed by atoms with van der Waals surface area (Å²) in [5, 5.41) is 18.9. The minimum atomic E-state index is -3.45. The van der Waals surface area contributed by atoms with Crippen molar-refractivity contribution in [3.05, 3.63) is 132 Å². The Balaban J connectivity index is 1.17. The fourth-order valence-electron chi connectivity index (χ4n) is 8.65. The van der Waals surface area contributed by atoms with Crippen LogP contribution in [0.15, 0.2) is 109 Å². The zero-order chi connectivity index (χ0) is 36.9. The zero-order valence-electron chi connectivity index (χ0n) is 29.9. The topological polar surface area (TPSA) is 110 Å². The Morgan fingerprint density at radius 1 is 0.962 bits per heavy atom. The van der Waals surface area contributed by atoms with Crippen LogP contribution in [0.25, 0.3) is 0 Å². The van der Waals surface area contributed by atoms with Gasteiger partial charge in [-0.3, -0.25) is 19.2 Å². The Morgan fingerprint density at radius 2 is 1.68 bits per heavy atom. The van der Waals surface area contributed by atoms with Crippen molar-refractivity contribution >= 4 is 37.3 Å². The molecule has 3 aliphatic rings. The number of amides is 2. The summed E-state index contributed by atoms with van der Waals surface area (Å²) in [7, 11) is -3.45. The lowest BCUT2D eigenvalue weighted by atomic mass is 9.82. The van der Waals surface area contributed by atoms with Crippen molar-refractivity contribution in [3.8, 4) is 5.75 Å². The monoisotopic (exact) mass is 731 g/mol. The summed E-state index contributed by atoms with van der Waals surface area (Å²) in [6.45, 7) is 5.75. The second-order valence-electron chi connectivity index (χ2n) is 14.7. The molecule has 272 valence electrons. The smallest absolute Gasteiger partial charge is 0.269 e. The molecule has 1 unspecified atom stereocenters. The first-order valence-corrected chi connectivity index (χ1v) is 21.0. The van der Waals surface area contributed by atoms with Crippen LogP contribution >= 0.6 is 0 Å². The second-order valence-corrected chi connectivity index (χ2v) is 18.5. The molecule has 53 heavy (non-hydrogen) atoms. The third-order valence-corrected chi connectivity index (χ3v) is 13.5. The van der Waals surface area contributed by atoms with Crippen LogP contribution in [0.3, 0.4) is 0 Å². The summed E-state index contributed by atoms with van der Waals surface area (Å²) < 4.78 is 31.1. The molecule has 1 spiro atoms. The maximum absolute atomic E-state index is 16.6. The maximum Gasteiger partial charge on any atom is 0.269 e. The predicted molar refractivity (Wildman–Crippen MR) is 201 cm³/mol. The molecule has 1 saturated heterocycles. The Labute approximate surface area is 308 Å². The summed E-state index contributed by atoms with van der Waals surface area (Å²) in [5.41, 5.74) is 3.01. The number of aliphatic hydroxyl groups excluding tert-OH is 1. The van der Waals surface area contributed by atoms with Gasteiger partial charge in [-0.05, 0) is 61.0 Å². The highest BCUT2D eigenvalue weighted by atomic mass is 28.4. The number of aliphatic hydroxyl groups is 1. The molecule has 3 aliphatic heterocycles. The van der Waals surface area contributed by atoms with E-state index >= 15 is 8.90 Å². The van der Waals surface area contributed by atoms with Gasteiger partial charge in [0.25, 0.3) is 11.8 Å². The molecule has 0 saturated carbocycles. The third kappa shape index (κ3) is 6.04. The van der Waals surface area contributed by atoms with Gasteiger partial charge in [-0.1, -0.05) is 84.9 Å². The van der Waals surface area contributed by atoms with E-state index in [0.29, 0.717) is 53.6 Å². The van der Waals surface area contributed by atoms with Crippen LogP contribution in [0.4, 0.5) is 21.2 Å². The van der Waals surface area contributed by atoms with Crippen LogP contribution in [-0.4, -0.2) is 59.6 Å². The molecular weight excluding hydrogens is 690 g/mol. The molecule has 1 aromatic heterocycles. The molecule has 1 fully saturated rings. The number of aromatic nitrogens is 3. The lowest BCUT2D eigenvalue weighted by Crippen LogP contribution is -2.45. The molecular formula is C41H42FN5O5Si. The Kier molecular flexibility index (Phi) is 9.00. The molecule has 0 radical (unpaired) electrons. The van der Waals surface area contributed by atoms with Gasteiger partial charge in [-0.25, -0.2) is 0 Å². The van der Waals surface area contributed by atoms with Crippen molar-refractivity contribution in [1.82, 2.24) is 15.0 Å². The van der Waals surface area contributed by atoms with Crippen LogP contribution in [-0.2, 0) is 33.0 Å². The van der Waals surface area contributed by atoms with E-state index in [9.17, 15) is 9.90 Å². The summed E-state index contributed by atoms with van der Waals surface area (Å²) in [4.78, 5) is 31.8. The van der Waals surface area contributed by atoms with Crippen LogP contribution in [0.1, 0.15) is 41.6 Å². The standard InChI is InChI=1S/C41H42FN5O5Si/c1-27-39(53(2,3)42)37(20-21-45-24-33(43-44-45)31(25-48)29-14-8-5-9-15-29)52-41(27)32-22-30(47-35-16-10-11-17-36(35)51-26-38(47)49)18-19-34(32)46(40(41)50)23-28-12-6-4-7-13-28/h4-19,22,24,27,31,37,39,48H,20-21,23,25-26H2,1-3H3/t27-,31?,37+,39-,41+/m0/s1. The summed E-state index contributed by atoms with van der Waals surface area (Å²) in [6.07, 6.45) is 1.61. The number of hydrogen-bond donors (Lipinski definition) is 1. The zero-order valence-corrected chi connectivity index (χ0v) is 30.9. The number of para-hydroxylation sites is 2. The number of fused-ring (bicyclic) bond motifs is 3.